The predicted octanol–water partition coefficient (Wildman–Crippen LogP) is 3.72. The topological polar surface area (TPSA) is 37.2 Å². The molecule has 2 heterocycles. The molecule has 1 aliphatic carbocycles. The van der Waals surface area contributed by atoms with E-state index in [0.717, 1.165) is 12.2 Å². The van der Waals surface area contributed by atoms with Crippen molar-refractivity contribution in [1.82, 2.24) is 10.6 Å². The van der Waals surface area contributed by atoms with Crippen LogP contribution in [0, 0.1) is 12.3 Å². The Bertz CT molecular complexity index is 485. The Kier molecular flexibility index (Phi) is 4.15. The van der Waals surface area contributed by atoms with Gasteiger partial charge in [0.2, 0.25) is 0 Å². The minimum absolute atomic E-state index is 0.320. The van der Waals surface area contributed by atoms with Crippen LogP contribution in [-0.2, 0) is 6.42 Å². The first kappa shape index (κ1) is 15.1. The Morgan fingerprint density at radius 3 is 3.00 bits per heavy atom. The molecule has 2 N–H and O–H groups in total. The second-order valence-electron chi connectivity index (χ2n) is 7.93. The summed E-state index contributed by atoms with van der Waals surface area (Å²) in [6.45, 7) is 10.3. The number of hydrogen-bond acceptors (Lipinski definition) is 3. The Hall–Kier alpha value is -0.800. The largest absolute Gasteiger partial charge is 0.466 e. The molecule has 1 aliphatic heterocycles. The number of hydrogen-bond donors (Lipinski definition) is 2. The maximum absolute atomic E-state index is 5.93. The average Bonchev–Trinajstić information content (AvgIpc) is 2.96. The molecule has 0 radical (unpaired) electrons. The maximum atomic E-state index is 5.93. The van der Waals surface area contributed by atoms with Crippen molar-refractivity contribution in [2.45, 2.75) is 77.9 Å². The number of nitrogens with one attached hydrogen (secondary N) is 2. The third-order valence-corrected chi connectivity index (χ3v) is 5.02. The first-order chi connectivity index (χ1) is 9.93. The first-order valence-corrected chi connectivity index (χ1v) is 8.51. The van der Waals surface area contributed by atoms with Crippen LogP contribution >= 0.6 is 0 Å². The quantitative estimate of drug-likeness (QED) is 0.887. The van der Waals surface area contributed by atoms with E-state index in [-0.39, 0.29) is 0 Å². The molecular weight excluding hydrogens is 260 g/mol. The molecule has 3 heteroatoms. The molecule has 1 saturated heterocycles. The highest BCUT2D eigenvalue weighted by Crippen LogP contribution is 2.42. The first-order valence-electron chi connectivity index (χ1n) is 8.51. The predicted molar refractivity (Wildman–Crippen MR) is 86.5 cm³/mol. The van der Waals surface area contributed by atoms with E-state index < -0.39 is 0 Å². The molecule has 1 aromatic heterocycles. The van der Waals surface area contributed by atoms with Gasteiger partial charge >= 0.3 is 0 Å². The Labute approximate surface area is 128 Å². The summed E-state index contributed by atoms with van der Waals surface area (Å²) in [4.78, 5) is 0. The monoisotopic (exact) mass is 290 g/mol. The molecule has 3 atom stereocenters. The molecule has 0 aromatic carbocycles. The molecule has 118 valence electrons. The minimum Gasteiger partial charge on any atom is -0.466 e. The molecule has 3 nitrogen and oxygen atoms in total. The summed E-state index contributed by atoms with van der Waals surface area (Å²) >= 11 is 0. The fraction of sp³-hybridized carbons (Fsp3) is 0.778. The summed E-state index contributed by atoms with van der Waals surface area (Å²) in [5, 5.41) is 7.48. The van der Waals surface area contributed by atoms with E-state index in [0.29, 0.717) is 23.5 Å². The highest BCUT2D eigenvalue weighted by molar-refractivity contribution is 5.29. The van der Waals surface area contributed by atoms with Gasteiger partial charge in [-0.1, -0.05) is 13.8 Å². The van der Waals surface area contributed by atoms with E-state index in [2.05, 4.69) is 44.4 Å². The fourth-order valence-electron chi connectivity index (χ4n) is 4.13. The Morgan fingerprint density at radius 1 is 1.48 bits per heavy atom. The van der Waals surface area contributed by atoms with Crippen LogP contribution in [0.2, 0.25) is 0 Å². The molecule has 1 aromatic rings. The molecule has 1 fully saturated rings. The van der Waals surface area contributed by atoms with E-state index in [4.69, 9.17) is 4.42 Å². The van der Waals surface area contributed by atoms with Crippen LogP contribution in [0.15, 0.2) is 10.5 Å². The van der Waals surface area contributed by atoms with Gasteiger partial charge in [-0.15, -0.1) is 0 Å². The molecule has 0 spiro atoms. The normalized spacial score (nSPS) is 29.3. The van der Waals surface area contributed by atoms with Gasteiger partial charge in [-0.3, -0.25) is 0 Å². The smallest absolute Gasteiger partial charge is 0.109 e. The second-order valence-corrected chi connectivity index (χ2v) is 7.93. The molecule has 2 aliphatic rings. The van der Waals surface area contributed by atoms with Gasteiger partial charge < -0.3 is 15.1 Å². The molecular formula is C18H30N2O. The van der Waals surface area contributed by atoms with E-state index >= 15 is 0 Å². The van der Waals surface area contributed by atoms with Crippen molar-refractivity contribution < 1.29 is 4.42 Å². The molecule has 0 bridgehead atoms. The van der Waals surface area contributed by atoms with Crippen LogP contribution in [0.5, 0.6) is 0 Å². The SMILES string of the molecule is Cc1cc2c(o1)CC(C)(C)CC2NC(C)CC1CCCN1. The van der Waals surface area contributed by atoms with Crippen molar-refractivity contribution in [2.24, 2.45) is 5.41 Å². The van der Waals surface area contributed by atoms with Gasteiger partial charge in [-0.05, 0) is 57.6 Å². The summed E-state index contributed by atoms with van der Waals surface area (Å²) in [5.41, 5.74) is 1.72. The van der Waals surface area contributed by atoms with Crippen LogP contribution in [0.25, 0.3) is 0 Å². The van der Waals surface area contributed by atoms with Crippen LogP contribution in [0.1, 0.15) is 69.6 Å². The van der Waals surface area contributed by atoms with Crippen LogP contribution in [-0.4, -0.2) is 18.6 Å². The van der Waals surface area contributed by atoms with Crippen molar-refractivity contribution in [3.8, 4) is 0 Å². The van der Waals surface area contributed by atoms with Crippen LogP contribution in [0.4, 0.5) is 0 Å². The zero-order valence-electron chi connectivity index (χ0n) is 14.0. The van der Waals surface area contributed by atoms with Crippen molar-refractivity contribution in [3.63, 3.8) is 0 Å². The molecule has 3 rings (SSSR count). The number of rotatable bonds is 4. The maximum Gasteiger partial charge on any atom is 0.109 e. The summed E-state index contributed by atoms with van der Waals surface area (Å²) in [6.07, 6.45) is 6.15. The van der Waals surface area contributed by atoms with E-state index in [1.165, 1.54) is 43.6 Å². The van der Waals surface area contributed by atoms with Gasteiger partial charge in [0.1, 0.15) is 11.5 Å². The van der Waals surface area contributed by atoms with Crippen molar-refractivity contribution in [1.29, 1.82) is 0 Å². The molecule has 0 saturated carbocycles. The van der Waals surface area contributed by atoms with Crippen LogP contribution < -0.4 is 10.6 Å². The number of aryl methyl sites for hydroxylation is 1. The van der Waals surface area contributed by atoms with E-state index in [1.807, 2.05) is 0 Å². The molecule has 0 amide bonds. The van der Waals surface area contributed by atoms with E-state index in [1.54, 1.807) is 0 Å². The lowest BCUT2D eigenvalue weighted by atomic mass is 9.74. The number of furan rings is 1. The lowest BCUT2D eigenvalue weighted by Gasteiger charge is -2.36. The minimum atomic E-state index is 0.320. The highest BCUT2D eigenvalue weighted by Gasteiger charge is 2.35. The lowest BCUT2D eigenvalue weighted by Crippen LogP contribution is -2.39. The van der Waals surface area contributed by atoms with Crippen LogP contribution in [0.3, 0.4) is 0 Å². The highest BCUT2D eigenvalue weighted by atomic mass is 16.3. The Morgan fingerprint density at radius 2 is 2.29 bits per heavy atom. The average molecular weight is 290 g/mol. The van der Waals surface area contributed by atoms with Gasteiger partial charge in [0, 0.05) is 30.1 Å². The standard InChI is InChI=1S/C18H30N2O/c1-12(8-14-6-5-7-19-14)20-16-10-18(3,4)11-17-15(16)9-13(2)21-17/h9,12,14,16,19-20H,5-8,10-11H2,1-4H3. The van der Waals surface area contributed by atoms with Crippen molar-refractivity contribution in [3.05, 3.63) is 23.2 Å². The number of fused-ring (bicyclic) bond motifs is 1. The zero-order valence-corrected chi connectivity index (χ0v) is 14.0. The third kappa shape index (κ3) is 3.51. The summed E-state index contributed by atoms with van der Waals surface area (Å²) < 4.78 is 5.93. The third-order valence-electron chi connectivity index (χ3n) is 5.02. The second kappa shape index (κ2) is 5.77. The summed E-state index contributed by atoms with van der Waals surface area (Å²) in [7, 11) is 0. The lowest BCUT2D eigenvalue weighted by molar-refractivity contribution is 0.222. The van der Waals surface area contributed by atoms with Gasteiger partial charge in [0.25, 0.3) is 0 Å². The van der Waals surface area contributed by atoms with Gasteiger partial charge in [0.15, 0.2) is 0 Å². The molecule has 21 heavy (non-hydrogen) atoms. The fourth-order valence-corrected chi connectivity index (χ4v) is 4.13. The van der Waals surface area contributed by atoms with Gasteiger partial charge in [-0.2, -0.15) is 0 Å². The van der Waals surface area contributed by atoms with E-state index in [9.17, 15) is 0 Å². The van der Waals surface area contributed by atoms with Gasteiger partial charge in [-0.25, -0.2) is 0 Å². The van der Waals surface area contributed by atoms with Crippen molar-refractivity contribution >= 4 is 0 Å². The summed E-state index contributed by atoms with van der Waals surface area (Å²) in [6, 6.07) is 3.93. The zero-order chi connectivity index (χ0) is 15.0. The molecule has 3 unspecified atom stereocenters. The van der Waals surface area contributed by atoms with Crippen molar-refractivity contribution in [2.75, 3.05) is 6.54 Å². The summed E-state index contributed by atoms with van der Waals surface area (Å²) in [5.74, 6) is 2.25. The van der Waals surface area contributed by atoms with Gasteiger partial charge in [0.05, 0.1) is 0 Å². The Balaban J connectivity index is 1.68.